The molecule has 0 aliphatic carbocycles. The van der Waals surface area contributed by atoms with Gasteiger partial charge in [-0.2, -0.15) is 0 Å². The molecule has 69 valence electrons. The van der Waals surface area contributed by atoms with E-state index in [1.807, 2.05) is 18.2 Å². The van der Waals surface area contributed by atoms with Crippen molar-refractivity contribution >= 4 is 17.3 Å². The number of rotatable bonds is 1. The Kier molecular flexibility index (Phi) is 2.71. The minimum Gasteiger partial charge on any atom is -0.368 e. The molecule has 3 heteroatoms. The van der Waals surface area contributed by atoms with E-state index in [4.69, 9.17) is 11.6 Å². The second-order valence-corrected chi connectivity index (χ2v) is 3.52. The molecular weight excluding hydrogens is 184 g/mol. The summed E-state index contributed by atoms with van der Waals surface area (Å²) < 4.78 is 0. The summed E-state index contributed by atoms with van der Waals surface area (Å²) in [4.78, 5) is 2.29. The van der Waals surface area contributed by atoms with Crippen LogP contribution in [0.2, 0.25) is 5.02 Å². The molecular formula is C10H12ClN2. The van der Waals surface area contributed by atoms with Crippen molar-refractivity contribution in [1.29, 1.82) is 0 Å². The van der Waals surface area contributed by atoms with Crippen LogP contribution in [0.4, 0.5) is 5.69 Å². The number of benzene rings is 1. The minimum absolute atomic E-state index is 0.837. The van der Waals surface area contributed by atoms with Crippen molar-refractivity contribution in [3.05, 3.63) is 29.3 Å². The Labute approximate surface area is 83.5 Å². The summed E-state index contributed by atoms with van der Waals surface area (Å²) in [5, 5.41) is 5.14. The molecule has 0 N–H and O–H groups in total. The smallest absolute Gasteiger partial charge is 0.0639 e. The molecule has 13 heavy (non-hydrogen) atoms. The molecule has 2 rings (SSSR count). The third-order valence-electron chi connectivity index (χ3n) is 2.25. The first-order chi connectivity index (χ1) is 6.38. The van der Waals surface area contributed by atoms with Crippen LogP contribution >= 0.6 is 11.6 Å². The van der Waals surface area contributed by atoms with Gasteiger partial charge in [-0.15, -0.1) is 0 Å². The summed E-state index contributed by atoms with van der Waals surface area (Å²) in [5.74, 6) is 0. The average molecular weight is 196 g/mol. The monoisotopic (exact) mass is 195 g/mol. The summed E-state index contributed by atoms with van der Waals surface area (Å²) in [5.41, 5.74) is 1.14. The second-order valence-electron chi connectivity index (χ2n) is 3.11. The highest BCUT2D eigenvalue weighted by Gasteiger charge is 2.12. The lowest BCUT2D eigenvalue weighted by atomic mass is 10.2. The van der Waals surface area contributed by atoms with Crippen molar-refractivity contribution in [2.24, 2.45) is 0 Å². The van der Waals surface area contributed by atoms with Crippen LogP contribution in [-0.2, 0) is 0 Å². The van der Waals surface area contributed by atoms with Crippen molar-refractivity contribution in [3.8, 4) is 0 Å². The fourth-order valence-corrected chi connectivity index (χ4v) is 1.81. The SMILES string of the molecule is Clc1ccccc1N1CC[N]CC1. The van der Waals surface area contributed by atoms with E-state index in [2.05, 4.69) is 16.3 Å². The molecule has 0 unspecified atom stereocenters. The Hall–Kier alpha value is -0.730. The maximum Gasteiger partial charge on any atom is 0.0639 e. The average Bonchev–Trinajstić information content (AvgIpc) is 2.20. The van der Waals surface area contributed by atoms with Crippen molar-refractivity contribution in [1.82, 2.24) is 5.32 Å². The van der Waals surface area contributed by atoms with Gasteiger partial charge in [-0.1, -0.05) is 23.7 Å². The van der Waals surface area contributed by atoms with Crippen molar-refractivity contribution in [2.75, 3.05) is 31.1 Å². The van der Waals surface area contributed by atoms with Crippen LogP contribution in [0.15, 0.2) is 24.3 Å². The Morgan fingerprint density at radius 3 is 2.54 bits per heavy atom. The summed E-state index contributed by atoms with van der Waals surface area (Å²) in [6.45, 7) is 3.82. The van der Waals surface area contributed by atoms with Crippen molar-refractivity contribution in [3.63, 3.8) is 0 Å². The van der Waals surface area contributed by atoms with E-state index < -0.39 is 0 Å². The van der Waals surface area contributed by atoms with Gasteiger partial charge < -0.3 is 4.90 Å². The quantitative estimate of drug-likeness (QED) is 0.668. The number of halogens is 1. The predicted molar refractivity (Wildman–Crippen MR) is 55.5 cm³/mol. The van der Waals surface area contributed by atoms with Crippen molar-refractivity contribution < 1.29 is 0 Å². The van der Waals surface area contributed by atoms with Crippen LogP contribution in [-0.4, -0.2) is 26.2 Å². The van der Waals surface area contributed by atoms with Gasteiger partial charge in [0.15, 0.2) is 0 Å². The van der Waals surface area contributed by atoms with Gasteiger partial charge in [0, 0.05) is 26.2 Å². The number of piperazine rings is 1. The Balaban J connectivity index is 2.18. The standard InChI is InChI=1S/C10H12ClN2/c11-9-3-1-2-4-10(9)13-7-5-12-6-8-13/h1-4H,5-8H2. The zero-order chi connectivity index (χ0) is 9.10. The minimum atomic E-state index is 0.837. The van der Waals surface area contributed by atoms with Gasteiger partial charge in [0.25, 0.3) is 0 Å². The fraction of sp³-hybridized carbons (Fsp3) is 0.400. The number of para-hydroxylation sites is 1. The maximum absolute atomic E-state index is 6.09. The lowest BCUT2D eigenvalue weighted by Gasteiger charge is -2.29. The Bertz CT molecular complexity index is 282. The van der Waals surface area contributed by atoms with Crippen LogP contribution in [0.1, 0.15) is 0 Å². The molecule has 1 aromatic rings. The largest absolute Gasteiger partial charge is 0.368 e. The highest BCUT2D eigenvalue weighted by Crippen LogP contribution is 2.25. The summed E-state index contributed by atoms with van der Waals surface area (Å²) in [6, 6.07) is 7.98. The molecule has 1 aliphatic heterocycles. The predicted octanol–water partition coefficient (Wildman–Crippen LogP) is 1.76. The van der Waals surface area contributed by atoms with Gasteiger partial charge in [-0.25, -0.2) is 5.32 Å². The van der Waals surface area contributed by atoms with Gasteiger partial charge in [-0.05, 0) is 12.1 Å². The van der Waals surface area contributed by atoms with Crippen LogP contribution in [0.5, 0.6) is 0 Å². The first-order valence-electron chi connectivity index (χ1n) is 4.50. The summed E-state index contributed by atoms with van der Waals surface area (Å²) >= 11 is 6.09. The number of nitrogens with zero attached hydrogens (tertiary/aromatic N) is 2. The normalized spacial score (nSPS) is 17.5. The third kappa shape index (κ3) is 1.95. The second kappa shape index (κ2) is 3.99. The molecule has 0 spiro atoms. The van der Waals surface area contributed by atoms with E-state index in [0.717, 1.165) is 36.9 Å². The van der Waals surface area contributed by atoms with E-state index in [1.54, 1.807) is 0 Å². The Morgan fingerprint density at radius 2 is 1.85 bits per heavy atom. The van der Waals surface area contributed by atoms with Gasteiger partial charge in [-0.3, -0.25) is 0 Å². The molecule has 1 fully saturated rings. The molecule has 0 bridgehead atoms. The van der Waals surface area contributed by atoms with Crippen LogP contribution in [0.3, 0.4) is 0 Å². The molecule has 0 saturated carbocycles. The third-order valence-corrected chi connectivity index (χ3v) is 2.57. The van der Waals surface area contributed by atoms with Crippen LogP contribution in [0.25, 0.3) is 0 Å². The molecule has 1 aliphatic rings. The molecule has 0 atom stereocenters. The molecule has 1 saturated heterocycles. The van der Waals surface area contributed by atoms with E-state index in [0.29, 0.717) is 0 Å². The first-order valence-corrected chi connectivity index (χ1v) is 4.88. The molecule has 0 aromatic heterocycles. The first kappa shape index (κ1) is 8.85. The number of hydrogen-bond acceptors (Lipinski definition) is 1. The molecule has 1 aromatic carbocycles. The van der Waals surface area contributed by atoms with Gasteiger partial charge in [0.1, 0.15) is 0 Å². The highest BCUT2D eigenvalue weighted by molar-refractivity contribution is 6.33. The van der Waals surface area contributed by atoms with E-state index in [-0.39, 0.29) is 0 Å². The van der Waals surface area contributed by atoms with Gasteiger partial charge >= 0.3 is 0 Å². The maximum atomic E-state index is 6.09. The number of anilines is 1. The lowest BCUT2D eigenvalue weighted by molar-refractivity contribution is 0.579. The van der Waals surface area contributed by atoms with Gasteiger partial charge in [0.05, 0.1) is 10.7 Å². The van der Waals surface area contributed by atoms with Crippen LogP contribution in [0, 0.1) is 0 Å². The fourth-order valence-electron chi connectivity index (χ4n) is 1.56. The summed E-state index contributed by atoms with van der Waals surface area (Å²) in [7, 11) is 0. The van der Waals surface area contributed by atoms with Crippen molar-refractivity contribution in [2.45, 2.75) is 0 Å². The Morgan fingerprint density at radius 1 is 1.15 bits per heavy atom. The molecule has 0 amide bonds. The topological polar surface area (TPSA) is 17.3 Å². The highest BCUT2D eigenvalue weighted by atomic mass is 35.5. The lowest BCUT2D eigenvalue weighted by Crippen LogP contribution is -2.40. The van der Waals surface area contributed by atoms with E-state index >= 15 is 0 Å². The molecule has 2 nitrogen and oxygen atoms in total. The molecule has 1 heterocycles. The number of hydrogen-bond donors (Lipinski definition) is 0. The van der Waals surface area contributed by atoms with Crippen LogP contribution < -0.4 is 10.2 Å². The zero-order valence-corrected chi connectivity index (χ0v) is 8.17. The molecule has 1 radical (unpaired) electrons. The van der Waals surface area contributed by atoms with Gasteiger partial charge in [0.2, 0.25) is 0 Å². The van der Waals surface area contributed by atoms with E-state index in [9.17, 15) is 0 Å². The van der Waals surface area contributed by atoms with E-state index in [1.165, 1.54) is 0 Å². The zero-order valence-electron chi connectivity index (χ0n) is 7.41. The summed E-state index contributed by atoms with van der Waals surface area (Å²) in [6.07, 6.45) is 0.